The van der Waals surface area contributed by atoms with E-state index in [1.807, 2.05) is 0 Å². The highest BCUT2D eigenvalue weighted by molar-refractivity contribution is 6.27. The fraction of sp³-hybridized carbons (Fsp3) is 0.273. The van der Waals surface area contributed by atoms with Crippen molar-refractivity contribution in [2.75, 3.05) is 17.3 Å². The largest absolute Gasteiger partial charge is 0.465 e. The van der Waals surface area contributed by atoms with E-state index < -0.39 is 41.2 Å². The van der Waals surface area contributed by atoms with E-state index in [0.29, 0.717) is 11.3 Å². The molecule has 2 fully saturated rings. The van der Waals surface area contributed by atoms with Crippen molar-refractivity contribution in [1.82, 2.24) is 5.32 Å². The van der Waals surface area contributed by atoms with Gasteiger partial charge < -0.3 is 10.1 Å². The predicted octanol–water partition coefficient (Wildman–Crippen LogP) is 1.42. The summed E-state index contributed by atoms with van der Waals surface area (Å²) in [6.07, 6.45) is 0. The average Bonchev–Trinajstić information content (AvgIpc) is 3.31. The first-order valence-electron chi connectivity index (χ1n) is 9.65. The van der Waals surface area contributed by atoms with Gasteiger partial charge in [-0.1, -0.05) is 30.3 Å². The smallest absolute Gasteiger partial charge is 0.339 e. The molecule has 3 heterocycles. The van der Waals surface area contributed by atoms with Crippen LogP contribution in [0, 0.1) is 11.8 Å². The zero-order chi connectivity index (χ0) is 21.2. The molecule has 2 N–H and O–H groups in total. The maximum absolute atomic E-state index is 13.7. The van der Waals surface area contributed by atoms with Crippen molar-refractivity contribution in [2.45, 2.75) is 18.5 Å². The first-order valence-corrected chi connectivity index (χ1v) is 9.65. The summed E-state index contributed by atoms with van der Waals surface area (Å²) in [6.45, 7) is 1.79. The van der Waals surface area contributed by atoms with E-state index in [-0.39, 0.29) is 17.2 Å². The van der Waals surface area contributed by atoms with E-state index in [1.165, 1.54) is 19.2 Å². The number of benzene rings is 2. The van der Waals surface area contributed by atoms with Crippen LogP contribution in [0.1, 0.15) is 22.8 Å². The van der Waals surface area contributed by atoms with E-state index in [1.54, 1.807) is 43.3 Å². The maximum Gasteiger partial charge on any atom is 0.339 e. The molecule has 8 heteroatoms. The molecule has 2 saturated heterocycles. The lowest BCUT2D eigenvalue weighted by atomic mass is 9.76. The first-order chi connectivity index (χ1) is 14.4. The molecule has 4 unspecified atom stereocenters. The Bertz CT molecular complexity index is 1130. The SMILES string of the molecule is COC(=O)c1ccccc1N1C(=O)C2C(C)NC3(C(=O)Nc4ccccc43)C2C1=O. The normalized spacial score (nSPS) is 29.2. The number of methoxy groups -OCH3 is 1. The van der Waals surface area contributed by atoms with Crippen LogP contribution in [0.5, 0.6) is 0 Å². The summed E-state index contributed by atoms with van der Waals surface area (Å²) < 4.78 is 4.81. The number of nitrogens with zero attached hydrogens (tertiary/aromatic N) is 1. The number of anilines is 2. The molecule has 0 aliphatic carbocycles. The molecule has 4 atom stereocenters. The van der Waals surface area contributed by atoms with Crippen LogP contribution in [0.4, 0.5) is 11.4 Å². The molecule has 3 amide bonds. The molecule has 30 heavy (non-hydrogen) atoms. The summed E-state index contributed by atoms with van der Waals surface area (Å²) in [4.78, 5) is 53.5. The monoisotopic (exact) mass is 405 g/mol. The van der Waals surface area contributed by atoms with Crippen LogP contribution in [0.15, 0.2) is 48.5 Å². The number of esters is 1. The van der Waals surface area contributed by atoms with E-state index >= 15 is 0 Å². The van der Waals surface area contributed by atoms with Gasteiger partial charge in [0.25, 0.3) is 0 Å². The number of imide groups is 1. The second-order valence-corrected chi connectivity index (χ2v) is 7.76. The lowest BCUT2D eigenvalue weighted by Gasteiger charge is -2.29. The van der Waals surface area contributed by atoms with Crippen LogP contribution >= 0.6 is 0 Å². The van der Waals surface area contributed by atoms with E-state index in [2.05, 4.69) is 10.6 Å². The summed E-state index contributed by atoms with van der Waals surface area (Å²) >= 11 is 0. The minimum Gasteiger partial charge on any atom is -0.465 e. The van der Waals surface area contributed by atoms with Crippen molar-refractivity contribution in [3.05, 3.63) is 59.7 Å². The van der Waals surface area contributed by atoms with Crippen molar-refractivity contribution in [2.24, 2.45) is 11.8 Å². The van der Waals surface area contributed by atoms with Crippen molar-refractivity contribution < 1.29 is 23.9 Å². The second-order valence-electron chi connectivity index (χ2n) is 7.76. The van der Waals surface area contributed by atoms with Gasteiger partial charge in [0.05, 0.1) is 30.2 Å². The highest BCUT2D eigenvalue weighted by Crippen LogP contribution is 2.53. The van der Waals surface area contributed by atoms with E-state index in [0.717, 1.165) is 4.90 Å². The molecular weight excluding hydrogens is 386 g/mol. The van der Waals surface area contributed by atoms with Gasteiger partial charge in [-0.2, -0.15) is 0 Å². The standard InChI is InChI=1S/C22H19N3O5/c1-11-16-17(22(24-11)13-8-4-5-9-14(13)23-21(22)29)19(27)25(18(16)26)15-10-6-3-7-12(15)20(28)30-2/h3-11,16-17,24H,1-2H3,(H,23,29). The van der Waals surface area contributed by atoms with Gasteiger partial charge in [0.2, 0.25) is 17.7 Å². The third kappa shape index (κ3) is 2.14. The fourth-order valence-corrected chi connectivity index (χ4v) is 5.11. The van der Waals surface area contributed by atoms with Crippen LogP contribution in [0.2, 0.25) is 0 Å². The van der Waals surface area contributed by atoms with Crippen molar-refractivity contribution in [3.8, 4) is 0 Å². The van der Waals surface area contributed by atoms with Crippen LogP contribution in [-0.4, -0.2) is 36.8 Å². The lowest BCUT2D eigenvalue weighted by Crippen LogP contribution is -2.53. The van der Waals surface area contributed by atoms with Crippen LogP contribution in [-0.2, 0) is 24.7 Å². The summed E-state index contributed by atoms with van der Waals surface area (Å²) in [5, 5.41) is 6.08. The summed E-state index contributed by atoms with van der Waals surface area (Å²) in [5.74, 6) is -3.60. The maximum atomic E-state index is 13.7. The Labute approximate surface area is 172 Å². The molecule has 5 rings (SSSR count). The quantitative estimate of drug-likeness (QED) is 0.578. The molecule has 2 aromatic rings. The number of carbonyl (C=O) groups excluding carboxylic acids is 4. The Hall–Kier alpha value is -3.52. The van der Waals surface area contributed by atoms with Gasteiger partial charge in [0.1, 0.15) is 5.54 Å². The molecule has 3 aliphatic rings. The third-order valence-corrected chi connectivity index (χ3v) is 6.32. The minimum atomic E-state index is -1.33. The van der Waals surface area contributed by atoms with E-state index in [4.69, 9.17) is 4.74 Å². The van der Waals surface area contributed by atoms with Gasteiger partial charge >= 0.3 is 5.97 Å². The number of amides is 3. The number of hydrogen-bond donors (Lipinski definition) is 2. The Morgan fingerprint density at radius 1 is 1.03 bits per heavy atom. The summed E-state index contributed by atoms with van der Waals surface area (Å²) in [5.41, 5.74) is 0.230. The number of fused-ring (bicyclic) bond motifs is 4. The number of nitrogens with one attached hydrogen (secondary N) is 2. The zero-order valence-electron chi connectivity index (χ0n) is 16.3. The second kappa shape index (κ2) is 6.24. The molecule has 8 nitrogen and oxygen atoms in total. The minimum absolute atomic E-state index is 0.118. The highest BCUT2D eigenvalue weighted by Gasteiger charge is 2.70. The van der Waals surface area contributed by atoms with Crippen molar-refractivity contribution in [1.29, 1.82) is 0 Å². The molecule has 2 aromatic carbocycles. The molecule has 1 spiro atoms. The van der Waals surface area contributed by atoms with Crippen LogP contribution in [0.25, 0.3) is 0 Å². The van der Waals surface area contributed by atoms with Gasteiger partial charge in [-0.05, 0) is 25.1 Å². The molecular formula is C22H19N3O5. The van der Waals surface area contributed by atoms with Crippen LogP contribution in [0.3, 0.4) is 0 Å². The predicted molar refractivity (Wildman–Crippen MR) is 107 cm³/mol. The summed E-state index contributed by atoms with van der Waals surface area (Å²) in [7, 11) is 1.24. The van der Waals surface area contributed by atoms with Gasteiger partial charge in [-0.25, -0.2) is 9.69 Å². The van der Waals surface area contributed by atoms with Gasteiger partial charge in [-0.15, -0.1) is 0 Å². The number of rotatable bonds is 2. The molecule has 3 aliphatic heterocycles. The Balaban J connectivity index is 1.66. The Kier molecular flexibility index (Phi) is 3.85. The number of hydrogen-bond acceptors (Lipinski definition) is 6. The van der Waals surface area contributed by atoms with Crippen molar-refractivity contribution >= 4 is 35.1 Å². The Morgan fingerprint density at radius 2 is 1.73 bits per heavy atom. The van der Waals surface area contributed by atoms with Crippen LogP contribution < -0.4 is 15.5 Å². The third-order valence-electron chi connectivity index (χ3n) is 6.32. The summed E-state index contributed by atoms with van der Waals surface area (Å²) in [6, 6.07) is 13.1. The number of para-hydroxylation sites is 2. The zero-order valence-corrected chi connectivity index (χ0v) is 16.3. The topological polar surface area (TPSA) is 105 Å². The van der Waals surface area contributed by atoms with Gasteiger partial charge in [0, 0.05) is 17.3 Å². The average molecular weight is 405 g/mol. The molecule has 0 aromatic heterocycles. The Morgan fingerprint density at radius 3 is 2.50 bits per heavy atom. The van der Waals surface area contributed by atoms with Gasteiger partial charge in [0.15, 0.2) is 0 Å². The molecule has 0 bridgehead atoms. The lowest BCUT2D eigenvalue weighted by molar-refractivity contribution is -0.130. The fourth-order valence-electron chi connectivity index (χ4n) is 5.11. The van der Waals surface area contributed by atoms with Gasteiger partial charge in [-0.3, -0.25) is 19.7 Å². The molecule has 0 saturated carbocycles. The van der Waals surface area contributed by atoms with Crippen molar-refractivity contribution in [3.63, 3.8) is 0 Å². The number of carbonyl (C=O) groups is 4. The molecule has 0 radical (unpaired) electrons. The molecule has 152 valence electrons. The first kappa shape index (κ1) is 18.5. The highest BCUT2D eigenvalue weighted by atomic mass is 16.5. The number of ether oxygens (including phenoxy) is 1. The van der Waals surface area contributed by atoms with E-state index in [9.17, 15) is 19.2 Å².